The van der Waals surface area contributed by atoms with Gasteiger partial charge in [0.25, 0.3) is 0 Å². The molecular formula is C35H35ClIN4O5-. The van der Waals surface area contributed by atoms with E-state index in [2.05, 4.69) is 16.3 Å². The van der Waals surface area contributed by atoms with Crippen LogP contribution in [0.15, 0.2) is 64.3 Å². The van der Waals surface area contributed by atoms with Gasteiger partial charge in [0.15, 0.2) is 0 Å². The second kappa shape index (κ2) is 13.5. The number of benzene rings is 2. The van der Waals surface area contributed by atoms with Crippen LogP contribution in [0, 0.1) is 12.8 Å². The van der Waals surface area contributed by atoms with Crippen molar-refractivity contribution < 1.29 is 45.7 Å². The number of hydrogen-bond acceptors (Lipinski definition) is 6. The Kier molecular flexibility index (Phi) is 9.49. The Hall–Kier alpha value is -3.74. The van der Waals surface area contributed by atoms with Crippen LogP contribution >= 0.6 is 11.6 Å². The average Bonchev–Trinajstić information content (AvgIpc) is 3.41. The van der Waals surface area contributed by atoms with Crippen LogP contribution in [0.4, 0.5) is 5.69 Å². The molecule has 1 aliphatic carbocycles. The molecule has 3 heterocycles. The van der Waals surface area contributed by atoms with E-state index in [0.717, 1.165) is 53.7 Å². The third-order valence-electron chi connectivity index (χ3n) is 9.08. The van der Waals surface area contributed by atoms with Gasteiger partial charge < -0.3 is 9.84 Å². The number of allylic oxidation sites excluding steroid dienone is 2. The number of piperidine rings is 1. The van der Waals surface area contributed by atoms with Gasteiger partial charge in [-0.2, -0.15) is 0 Å². The zero-order chi connectivity index (χ0) is 32.5. The third kappa shape index (κ3) is 6.17. The van der Waals surface area contributed by atoms with Crippen molar-refractivity contribution in [2.45, 2.75) is 38.6 Å². The van der Waals surface area contributed by atoms with Crippen molar-refractivity contribution in [2.75, 3.05) is 32.6 Å². The fourth-order valence-electron chi connectivity index (χ4n) is 6.59. The molecule has 11 heteroatoms. The quantitative estimate of drug-likeness (QED) is 0.217. The number of aryl methyl sites for hydroxylation is 1. The molecule has 3 aliphatic rings. The molecular weight excluding hydrogens is 719 g/mol. The summed E-state index contributed by atoms with van der Waals surface area (Å²) in [5, 5.41) is 12.9. The normalized spacial score (nSPS) is 18.8. The zero-order valence-corrected chi connectivity index (χ0v) is 28.8. The molecule has 1 fully saturated rings. The van der Waals surface area contributed by atoms with Crippen molar-refractivity contribution in [3.8, 4) is 28.3 Å². The number of ether oxygens (including phenoxy) is 1. The predicted octanol–water partition coefficient (Wildman–Crippen LogP) is 3.02. The Balaban J connectivity index is 1.29. The number of halogens is 2. The number of anilines is 1. The Bertz CT molecular complexity index is 1780. The molecule has 1 aromatic heterocycles. The molecule has 0 unspecified atom stereocenters. The summed E-state index contributed by atoms with van der Waals surface area (Å²) in [5.74, 6) is -1.16. The summed E-state index contributed by atoms with van der Waals surface area (Å²) >= 11 is 6.54. The van der Waals surface area contributed by atoms with Crippen molar-refractivity contribution >= 4 is 35.1 Å². The number of likely N-dealkylation sites (tertiary alicyclic amines) is 1. The van der Waals surface area contributed by atoms with Crippen LogP contribution in [-0.2, 0) is 20.8 Å². The number of hydrogen-bond donors (Lipinski definition) is 2. The maximum Gasteiger partial charge on any atom is 0.306 e. The van der Waals surface area contributed by atoms with Crippen LogP contribution in [0.5, 0.6) is 5.88 Å². The number of carbonyl (C=O) groups excluding carboxylic acids is 2. The molecule has 240 valence electrons. The number of carboxylic acid groups (broad SMARTS) is 1. The van der Waals surface area contributed by atoms with Gasteiger partial charge in [0, 0.05) is 11.6 Å². The fraction of sp³-hybridized carbons (Fsp3) is 0.314. The summed E-state index contributed by atoms with van der Waals surface area (Å²) in [7, 11) is 3.35. The first-order valence-corrected chi connectivity index (χ1v) is 17.8. The minimum Gasteiger partial charge on any atom is -0.481 e. The van der Waals surface area contributed by atoms with Crippen molar-refractivity contribution in [2.24, 2.45) is 5.92 Å². The first kappa shape index (κ1) is 32.2. The van der Waals surface area contributed by atoms with E-state index in [1.807, 2.05) is 47.4 Å². The standard InChI is InChI=1S/C35H35ClIN4O5/c1-20-23(7-5-11-27(20)38-32(42)26-10-6-16-37-40(2)34(26)43)24-8-4-9-25(31(24)36)28-19-22-12-13-29(30(22)33(39-28)46-3)41-17-14-21(15-18-41)35(44)45/h4-11,16,19,21,29H,12-15,17-18H2,1-3H3,(H,38,42)(H,44,45)/q-1/t29-/m0/s1. The monoisotopic (exact) mass is 753 g/mol. The van der Waals surface area contributed by atoms with Gasteiger partial charge in [-0.3, -0.25) is 9.69 Å². The van der Waals surface area contributed by atoms with Crippen LogP contribution < -0.4 is 31.5 Å². The van der Waals surface area contributed by atoms with Gasteiger partial charge in [-0.05, 0) is 50.4 Å². The topological polar surface area (TPSA) is 112 Å². The predicted molar refractivity (Wildman–Crippen MR) is 173 cm³/mol. The Morgan fingerprint density at radius 2 is 1.80 bits per heavy atom. The van der Waals surface area contributed by atoms with Gasteiger partial charge in [-0.15, -0.1) is 0 Å². The minimum absolute atomic E-state index is 0.101. The number of rotatable bonds is 7. The molecule has 2 aliphatic heterocycles. The average molecular weight is 754 g/mol. The number of amides is 2. The van der Waals surface area contributed by atoms with Gasteiger partial charge in [0.05, 0.1) is 13.0 Å². The molecule has 1 atom stereocenters. The summed E-state index contributed by atoms with van der Waals surface area (Å²) < 4.78 is 9.39. The molecule has 46 heavy (non-hydrogen) atoms. The first-order valence-electron chi connectivity index (χ1n) is 15.2. The summed E-state index contributed by atoms with van der Waals surface area (Å²) in [4.78, 5) is 44.7. The minimum atomic E-state index is -0.711. The maximum absolute atomic E-state index is 13.2. The number of pyridine rings is 1. The maximum atomic E-state index is 13.2. The number of nitrogens with zero attached hydrogens (tertiary/aromatic N) is 3. The zero-order valence-electron chi connectivity index (χ0n) is 25.8. The number of carbonyl (C=O) groups is 3. The van der Waals surface area contributed by atoms with E-state index >= 15 is 0 Å². The Morgan fingerprint density at radius 1 is 1.09 bits per heavy atom. The van der Waals surface area contributed by atoms with E-state index in [4.69, 9.17) is 21.3 Å². The summed E-state index contributed by atoms with van der Waals surface area (Å²) in [5.41, 5.74) is 6.90. The number of aromatic nitrogens is 1. The number of methoxy groups -OCH3 is 1. The molecule has 3 aromatic rings. The Labute approximate surface area is 283 Å². The first-order chi connectivity index (χ1) is 22.2. The second-order valence-electron chi connectivity index (χ2n) is 11.7. The van der Waals surface area contributed by atoms with E-state index in [1.54, 1.807) is 29.4 Å². The van der Waals surface area contributed by atoms with E-state index in [-0.39, 0.29) is 23.4 Å². The van der Waals surface area contributed by atoms with Crippen molar-refractivity contribution in [3.63, 3.8) is 0 Å². The van der Waals surface area contributed by atoms with Gasteiger partial charge in [0.1, 0.15) is 0 Å². The largest absolute Gasteiger partial charge is 0.481 e. The van der Waals surface area contributed by atoms with Crippen molar-refractivity contribution in [1.82, 2.24) is 13.0 Å². The molecule has 0 radical (unpaired) electrons. The van der Waals surface area contributed by atoms with E-state index in [1.165, 1.54) is 5.56 Å². The number of aliphatic carboxylic acids is 1. The van der Waals surface area contributed by atoms with E-state index in [9.17, 15) is 19.5 Å². The van der Waals surface area contributed by atoms with Crippen molar-refractivity contribution in [1.29, 1.82) is 0 Å². The number of carboxylic acids is 1. The third-order valence-corrected chi connectivity index (χ3v) is 11.5. The molecule has 0 bridgehead atoms. The van der Waals surface area contributed by atoms with E-state index in [0.29, 0.717) is 35.1 Å². The molecule has 1 saturated heterocycles. The molecule has 9 nitrogen and oxygen atoms in total. The molecule has 2 aromatic carbocycles. The Morgan fingerprint density at radius 3 is 2.54 bits per heavy atom. The molecule has 0 saturated carbocycles. The van der Waals surface area contributed by atoms with Crippen LogP contribution in [0.1, 0.15) is 42.0 Å². The SMILES string of the molecule is COc1nc(-c2cccc(-c3cccc(NC(=O)C4=CC=C[I-]N(C)C4=O)c3C)c2Cl)cc2c1[C@@H](N1CCC(C(=O)O)CC1)CC2. The fourth-order valence-corrected chi connectivity index (χ4v) is 8.31. The number of nitrogens with one attached hydrogen (secondary N) is 1. The molecule has 0 spiro atoms. The van der Waals surface area contributed by atoms with Crippen LogP contribution in [0.25, 0.3) is 22.4 Å². The van der Waals surface area contributed by atoms with Crippen LogP contribution in [-0.4, -0.2) is 63.1 Å². The second-order valence-corrected chi connectivity index (χ2v) is 14.8. The van der Waals surface area contributed by atoms with Gasteiger partial charge in [-0.25, -0.2) is 4.98 Å². The molecule has 2 N–H and O–H groups in total. The summed E-state index contributed by atoms with van der Waals surface area (Å²) in [6, 6.07) is 13.7. The van der Waals surface area contributed by atoms with Gasteiger partial charge in [-0.1, -0.05) is 0 Å². The van der Waals surface area contributed by atoms with Crippen LogP contribution in [0.2, 0.25) is 5.02 Å². The number of fused-ring (bicyclic) bond motifs is 1. The summed E-state index contributed by atoms with van der Waals surface area (Å²) in [6.07, 6.45) is 6.43. The summed E-state index contributed by atoms with van der Waals surface area (Å²) in [6.45, 7) is 3.40. The van der Waals surface area contributed by atoms with E-state index < -0.39 is 33.4 Å². The van der Waals surface area contributed by atoms with Crippen LogP contribution in [0.3, 0.4) is 0 Å². The smallest absolute Gasteiger partial charge is 0.306 e. The number of likely N-dealkylation sites (N-methyl/N-ethyl adjacent to an activating group) is 1. The van der Waals surface area contributed by atoms with Gasteiger partial charge in [0.2, 0.25) is 5.88 Å². The van der Waals surface area contributed by atoms with Gasteiger partial charge >= 0.3 is 180 Å². The molecule has 6 rings (SSSR count). The molecule has 2 amide bonds. The van der Waals surface area contributed by atoms with Crippen molar-refractivity contribution in [3.05, 3.63) is 86.0 Å².